The van der Waals surface area contributed by atoms with E-state index in [0.717, 1.165) is 10.0 Å². The van der Waals surface area contributed by atoms with Crippen LogP contribution in [-0.2, 0) is 0 Å². The molecule has 2 aromatic carbocycles. The van der Waals surface area contributed by atoms with Gasteiger partial charge in [-0.3, -0.25) is 4.79 Å². The van der Waals surface area contributed by atoms with Gasteiger partial charge in [0.1, 0.15) is 5.52 Å². The minimum Gasteiger partial charge on any atom is -0.436 e. The monoisotopic (exact) mass is 316 g/mol. The number of amides is 1. The first kappa shape index (κ1) is 11.9. The van der Waals surface area contributed by atoms with Crippen molar-refractivity contribution in [3.8, 4) is 11.5 Å². The molecule has 4 nitrogen and oxygen atoms in total. The number of hydrogen-bond donors (Lipinski definition) is 1. The van der Waals surface area contributed by atoms with E-state index >= 15 is 0 Å². The van der Waals surface area contributed by atoms with Gasteiger partial charge in [-0.05, 0) is 46.3 Å². The maximum absolute atomic E-state index is 11.1. The summed E-state index contributed by atoms with van der Waals surface area (Å²) in [5.41, 5.74) is 7.75. The molecule has 5 heteroatoms. The van der Waals surface area contributed by atoms with E-state index < -0.39 is 5.91 Å². The third-order valence-corrected chi connectivity index (χ3v) is 3.47. The van der Waals surface area contributed by atoms with E-state index in [9.17, 15) is 4.79 Å². The molecule has 0 bridgehead atoms. The van der Waals surface area contributed by atoms with Gasteiger partial charge in [0.05, 0.1) is 5.56 Å². The van der Waals surface area contributed by atoms with Crippen molar-refractivity contribution in [2.45, 2.75) is 0 Å². The Bertz CT molecular complexity index is 780. The molecule has 0 aliphatic heterocycles. The highest BCUT2D eigenvalue weighted by Gasteiger charge is 2.12. The number of aromatic nitrogens is 1. The van der Waals surface area contributed by atoms with Crippen LogP contribution in [0.3, 0.4) is 0 Å². The molecule has 0 fully saturated rings. The molecular formula is C14H9BrN2O2. The zero-order valence-electron chi connectivity index (χ0n) is 9.76. The molecule has 0 radical (unpaired) electrons. The number of benzene rings is 2. The fraction of sp³-hybridized carbons (Fsp3) is 0. The molecule has 3 rings (SSSR count). The Kier molecular flexibility index (Phi) is 2.83. The number of nitrogens with zero attached hydrogens (tertiary/aromatic N) is 1. The Morgan fingerprint density at radius 2 is 2.00 bits per heavy atom. The van der Waals surface area contributed by atoms with Gasteiger partial charge in [-0.2, -0.15) is 0 Å². The number of primary amides is 1. The quantitative estimate of drug-likeness (QED) is 0.788. The van der Waals surface area contributed by atoms with Crippen molar-refractivity contribution in [3.05, 3.63) is 52.5 Å². The van der Waals surface area contributed by atoms with Gasteiger partial charge in [0.2, 0.25) is 11.8 Å². The number of nitrogens with two attached hydrogens (primary N) is 1. The summed E-state index contributed by atoms with van der Waals surface area (Å²) in [5, 5.41) is 0. The average molecular weight is 317 g/mol. The maximum atomic E-state index is 11.1. The topological polar surface area (TPSA) is 69.1 Å². The van der Waals surface area contributed by atoms with E-state index in [-0.39, 0.29) is 0 Å². The Hall–Kier alpha value is -2.14. The van der Waals surface area contributed by atoms with E-state index in [2.05, 4.69) is 20.9 Å². The third-order valence-electron chi connectivity index (χ3n) is 2.78. The van der Waals surface area contributed by atoms with Crippen molar-refractivity contribution >= 4 is 32.9 Å². The standard InChI is InChI=1S/C14H9BrN2O2/c15-10-4-2-1-3-9(10)14-17-11-7-8(13(16)18)5-6-12(11)19-14/h1-7H,(H2,16,18). The summed E-state index contributed by atoms with van der Waals surface area (Å²) in [6.45, 7) is 0. The molecular weight excluding hydrogens is 308 g/mol. The number of oxazole rings is 1. The summed E-state index contributed by atoms with van der Waals surface area (Å²) in [6.07, 6.45) is 0. The van der Waals surface area contributed by atoms with Crippen LogP contribution in [-0.4, -0.2) is 10.9 Å². The van der Waals surface area contributed by atoms with Gasteiger partial charge in [-0.1, -0.05) is 12.1 Å². The smallest absolute Gasteiger partial charge is 0.248 e. The highest BCUT2D eigenvalue weighted by atomic mass is 79.9. The van der Waals surface area contributed by atoms with Crippen molar-refractivity contribution in [2.75, 3.05) is 0 Å². The molecule has 1 amide bonds. The second kappa shape index (κ2) is 4.51. The van der Waals surface area contributed by atoms with E-state index in [1.807, 2.05) is 24.3 Å². The molecule has 0 saturated heterocycles. The molecule has 19 heavy (non-hydrogen) atoms. The van der Waals surface area contributed by atoms with Crippen molar-refractivity contribution in [1.29, 1.82) is 0 Å². The van der Waals surface area contributed by atoms with Crippen LogP contribution >= 0.6 is 15.9 Å². The van der Waals surface area contributed by atoms with Crippen molar-refractivity contribution in [3.63, 3.8) is 0 Å². The van der Waals surface area contributed by atoms with Gasteiger partial charge in [-0.25, -0.2) is 4.98 Å². The van der Waals surface area contributed by atoms with Gasteiger partial charge in [0, 0.05) is 10.0 Å². The lowest BCUT2D eigenvalue weighted by Gasteiger charge is -1.97. The van der Waals surface area contributed by atoms with Crippen molar-refractivity contribution < 1.29 is 9.21 Å². The van der Waals surface area contributed by atoms with Crippen LogP contribution in [0, 0.1) is 0 Å². The van der Waals surface area contributed by atoms with Crippen LogP contribution in [0.2, 0.25) is 0 Å². The largest absolute Gasteiger partial charge is 0.436 e. The van der Waals surface area contributed by atoms with E-state index in [4.69, 9.17) is 10.2 Å². The Morgan fingerprint density at radius 1 is 1.21 bits per heavy atom. The summed E-state index contributed by atoms with van der Waals surface area (Å²) in [4.78, 5) is 15.5. The van der Waals surface area contributed by atoms with Gasteiger partial charge in [0.15, 0.2) is 5.58 Å². The highest BCUT2D eigenvalue weighted by Crippen LogP contribution is 2.30. The van der Waals surface area contributed by atoms with Crippen LogP contribution in [0.25, 0.3) is 22.6 Å². The van der Waals surface area contributed by atoms with Gasteiger partial charge in [-0.15, -0.1) is 0 Å². The fourth-order valence-corrected chi connectivity index (χ4v) is 2.28. The Labute approximate surface area is 117 Å². The number of fused-ring (bicyclic) bond motifs is 1. The zero-order valence-corrected chi connectivity index (χ0v) is 11.3. The van der Waals surface area contributed by atoms with Gasteiger partial charge < -0.3 is 10.2 Å². The average Bonchev–Trinajstić information content (AvgIpc) is 2.81. The minimum atomic E-state index is -0.479. The van der Waals surface area contributed by atoms with E-state index in [0.29, 0.717) is 22.6 Å². The van der Waals surface area contributed by atoms with Crippen LogP contribution in [0.4, 0.5) is 0 Å². The van der Waals surface area contributed by atoms with E-state index in [1.54, 1.807) is 18.2 Å². The SMILES string of the molecule is NC(=O)c1ccc2oc(-c3ccccc3Br)nc2c1. The molecule has 0 aliphatic rings. The molecule has 94 valence electrons. The van der Waals surface area contributed by atoms with Gasteiger partial charge in [0.25, 0.3) is 0 Å². The Balaban J connectivity index is 2.17. The molecule has 3 aromatic rings. The first-order chi connectivity index (χ1) is 9.15. The van der Waals surface area contributed by atoms with Crippen LogP contribution < -0.4 is 5.73 Å². The molecule has 1 aromatic heterocycles. The highest BCUT2D eigenvalue weighted by molar-refractivity contribution is 9.10. The van der Waals surface area contributed by atoms with E-state index in [1.165, 1.54) is 0 Å². The summed E-state index contributed by atoms with van der Waals surface area (Å²) in [6, 6.07) is 12.6. The van der Waals surface area contributed by atoms with Crippen LogP contribution in [0.5, 0.6) is 0 Å². The summed E-state index contributed by atoms with van der Waals surface area (Å²) >= 11 is 3.45. The summed E-state index contributed by atoms with van der Waals surface area (Å²) < 4.78 is 6.58. The van der Waals surface area contributed by atoms with Crippen molar-refractivity contribution in [2.24, 2.45) is 5.73 Å². The number of hydrogen-bond acceptors (Lipinski definition) is 3. The first-order valence-corrected chi connectivity index (χ1v) is 6.40. The lowest BCUT2D eigenvalue weighted by Crippen LogP contribution is -2.10. The third kappa shape index (κ3) is 2.13. The number of carbonyl (C=O) groups excluding carboxylic acids is 1. The van der Waals surface area contributed by atoms with Crippen LogP contribution in [0.15, 0.2) is 51.4 Å². The molecule has 2 N–H and O–H groups in total. The minimum absolute atomic E-state index is 0.416. The first-order valence-electron chi connectivity index (χ1n) is 5.60. The van der Waals surface area contributed by atoms with Gasteiger partial charge >= 0.3 is 0 Å². The Morgan fingerprint density at radius 3 is 2.74 bits per heavy atom. The zero-order chi connectivity index (χ0) is 13.4. The molecule has 0 saturated carbocycles. The predicted octanol–water partition coefficient (Wildman–Crippen LogP) is 3.36. The molecule has 0 aliphatic carbocycles. The molecule has 0 unspecified atom stereocenters. The fourth-order valence-electron chi connectivity index (χ4n) is 1.83. The second-order valence-electron chi connectivity index (χ2n) is 4.05. The summed E-state index contributed by atoms with van der Waals surface area (Å²) in [5.74, 6) is 0.0245. The number of rotatable bonds is 2. The lowest BCUT2D eigenvalue weighted by atomic mass is 10.2. The molecule has 0 spiro atoms. The number of halogens is 1. The molecule has 0 atom stereocenters. The number of carbonyl (C=O) groups is 1. The normalized spacial score (nSPS) is 10.8. The predicted molar refractivity (Wildman–Crippen MR) is 75.7 cm³/mol. The maximum Gasteiger partial charge on any atom is 0.248 e. The second-order valence-corrected chi connectivity index (χ2v) is 4.90. The molecule has 1 heterocycles. The van der Waals surface area contributed by atoms with Crippen molar-refractivity contribution in [1.82, 2.24) is 4.98 Å². The lowest BCUT2D eigenvalue weighted by molar-refractivity contribution is 0.100. The van der Waals surface area contributed by atoms with Crippen LogP contribution in [0.1, 0.15) is 10.4 Å². The summed E-state index contributed by atoms with van der Waals surface area (Å²) in [7, 11) is 0.